The molecule has 1 saturated heterocycles. The zero-order valence-electron chi connectivity index (χ0n) is 8.43. The molecule has 3 nitrogen and oxygen atoms in total. The van der Waals surface area contributed by atoms with Gasteiger partial charge in [-0.1, -0.05) is 25.6 Å². The second-order valence-electron chi connectivity index (χ2n) is 4.57. The Labute approximate surface area is 79.5 Å². The summed E-state index contributed by atoms with van der Waals surface area (Å²) in [5, 5.41) is 12.1. The number of hydrogen-bond donors (Lipinski definition) is 2. The molecule has 0 aromatic carbocycles. The van der Waals surface area contributed by atoms with E-state index in [-0.39, 0.29) is 11.9 Å². The average Bonchev–Trinajstić information content (AvgIpc) is 1.95. The molecule has 0 radical (unpaired) electrons. The maximum Gasteiger partial charge on any atom is 0.255 e. The minimum Gasteiger partial charge on any atom is -0.377 e. The van der Waals surface area contributed by atoms with Gasteiger partial charge in [0.1, 0.15) is 14.1 Å². The Hall–Kier alpha value is -0.793. The standard InChI is InChI=1S/C9H15NO2Si/c1-9(12)7(10-8(9)11)5-6-13(2,3)4/h7,12H,1-4H3,(H,10,11)/t7-,9+/m0/s1. The third-order valence-corrected chi connectivity index (χ3v) is 2.78. The van der Waals surface area contributed by atoms with Gasteiger partial charge in [0, 0.05) is 0 Å². The monoisotopic (exact) mass is 197 g/mol. The van der Waals surface area contributed by atoms with Gasteiger partial charge in [0.2, 0.25) is 0 Å². The number of nitrogens with one attached hydrogen (secondary N) is 1. The summed E-state index contributed by atoms with van der Waals surface area (Å²) in [6.45, 7) is 7.86. The summed E-state index contributed by atoms with van der Waals surface area (Å²) in [5.41, 5.74) is 1.83. The van der Waals surface area contributed by atoms with Crippen LogP contribution in [0.2, 0.25) is 19.6 Å². The van der Waals surface area contributed by atoms with Gasteiger partial charge in [-0.25, -0.2) is 0 Å². The SMILES string of the molecule is C[C@]1(O)C(=O)N[C@H]1C#C[Si](C)(C)C. The average molecular weight is 197 g/mol. The van der Waals surface area contributed by atoms with Crippen LogP contribution in [-0.4, -0.2) is 30.7 Å². The van der Waals surface area contributed by atoms with Crippen LogP contribution < -0.4 is 5.32 Å². The van der Waals surface area contributed by atoms with Gasteiger partial charge in [-0.3, -0.25) is 4.79 Å². The van der Waals surface area contributed by atoms with Crippen molar-refractivity contribution in [2.75, 3.05) is 0 Å². The van der Waals surface area contributed by atoms with Crippen molar-refractivity contribution < 1.29 is 9.90 Å². The van der Waals surface area contributed by atoms with Crippen molar-refractivity contribution in [2.24, 2.45) is 0 Å². The number of rotatable bonds is 0. The van der Waals surface area contributed by atoms with E-state index in [4.69, 9.17) is 0 Å². The minimum atomic E-state index is -1.41. The van der Waals surface area contributed by atoms with E-state index in [1.165, 1.54) is 6.92 Å². The third-order valence-electron chi connectivity index (χ3n) is 1.89. The number of hydrogen-bond acceptors (Lipinski definition) is 2. The zero-order chi connectivity index (χ0) is 10.3. The molecule has 0 bridgehead atoms. The Morgan fingerprint density at radius 2 is 2.08 bits per heavy atom. The van der Waals surface area contributed by atoms with Gasteiger partial charge in [-0.15, -0.1) is 5.54 Å². The number of β-lactam (4-membered cyclic amide) rings is 1. The molecule has 0 aliphatic carbocycles. The number of aliphatic hydroxyl groups is 1. The summed E-state index contributed by atoms with van der Waals surface area (Å²) < 4.78 is 0. The topological polar surface area (TPSA) is 49.3 Å². The summed E-state index contributed by atoms with van der Waals surface area (Å²) >= 11 is 0. The lowest BCUT2D eigenvalue weighted by Crippen LogP contribution is -2.70. The number of carbonyl (C=O) groups excluding carboxylic acids is 1. The van der Waals surface area contributed by atoms with E-state index in [0.29, 0.717) is 0 Å². The molecule has 0 aromatic heterocycles. The molecule has 4 heteroatoms. The van der Waals surface area contributed by atoms with Crippen LogP contribution >= 0.6 is 0 Å². The van der Waals surface area contributed by atoms with Gasteiger partial charge in [-0.2, -0.15) is 0 Å². The van der Waals surface area contributed by atoms with E-state index in [1.54, 1.807) is 0 Å². The van der Waals surface area contributed by atoms with Crippen LogP contribution in [0, 0.1) is 11.5 Å². The molecule has 1 aliphatic rings. The largest absolute Gasteiger partial charge is 0.377 e. The van der Waals surface area contributed by atoms with Crippen LogP contribution in [0.25, 0.3) is 0 Å². The molecule has 1 amide bonds. The molecule has 0 unspecified atom stereocenters. The normalized spacial score (nSPS) is 32.7. The third kappa shape index (κ3) is 2.11. The summed E-state index contributed by atoms with van der Waals surface area (Å²) in [6, 6.07) is -0.383. The van der Waals surface area contributed by atoms with Crippen LogP contribution in [0.5, 0.6) is 0 Å². The molecule has 1 aliphatic heterocycles. The van der Waals surface area contributed by atoms with Gasteiger partial charge in [-0.05, 0) is 6.92 Å². The predicted octanol–water partition coefficient (Wildman–Crippen LogP) is 0.117. The van der Waals surface area contributed by atoms with Gasteiger partial charge < -0.3 is 10.4 Å². The summed E-state index contributed by atoms with van der Waals surface area (Å²) in [6.07, 6.45) is 0. The molecule has 0 spiro atoms. The molecule has 0 aromatic rings. The molecule has 72 valence electrons. The minimum absolute atomic E-state index is 0.331. The Balaban J connectivity index is 2.68. The van der Waals surface area contributed by atoms with E-state index in [2.05, 4.69) is 36.4 Å². The molecule has 13 heavy (non-hydrogen) atoms. The first-order valence-electron chi connectivity index (χ1n) is 4.29. The van der Waals surface area contributed by atoms with Crippen LogP contribution in [0.3, 0.4) is 0 Å². The van der Waals surface area contributed by atoms with Crippen molar-refractivity contribution in [1.82, 2.24) is 5.32 Å². The Bertz CT molecular complexity index is 293. The molecular weight excluding hydrogens is 182 g/mol. The summed E-state index contributed by atoms with van der Waals surface area (Å²) in [4.78, 5) is 10.9. The van der Waals surface area contributed by atoms with E-state index < -0.39 is 13.7 Å². The molecule has 2 atom stereocenters. The fraction of sp³-hybridized carbons (Fsp3) is 0.667. The van der Waals surface area contributed by atoms with Crippen molar-refractivity contribution in [2.45, 2.75) is 38.2 Å². The van der Waals surface area contributed by atoms with E-state index in [9.17, 15) is 9.90 Å². The smallest absolute Gasteiger partial charge is 0.255 e. The molecule has 1 heterocycles. The molecule has 1 fully saturated rings. The van der Waals surface area contributed by atoms with Crippen molar-refractivity contribution in [3.8, 4) is 11.5 Å². The highest BCUT2D eigenvalue weighted by atomic mass is 28.3. The molecule has 2 N–H and O–H groups in total. The van der Waals surface area contributed by atoms with E-state index in [1.807, 2.05) is 0 Å². The van der Waals surface area contributed by atoms with Crippen LogP contribution in [0.15, 0.2) is 0 Å². The number of amides is 1. The van der Waals surface area contributed by atoms with Crippen molar-refractivity contribution in [3.05, 3.63) is 0 Å². The zero-order valence-corrected chi connectivity index (χ0v) is 9.43. The van der Waals surface area contributed by atoms with Gasteiger partial charge in [0.05, 0.1) is 0 Å². The highest BCUT2D eigenvalue weighted by Crippen LogP contribution is 2.19. The van der Waals surface area contributed by atoms with Crippen molar-refractivity contribution in [3.63, 3.8) is 0 Å². The molecular formula is C9H15NO2Si. The molecule has 1 rings (SSSR count). The maximum atomic E-state index is 10.9. The highest BCUT2D eigenvalue weighted by molar-refractivity contribution is 6.83. The number of carbonyl (C=O) groups is 1. The highest BCUT2D eigenvalue weighted by Gasteiger charge is 2.49. The van der Waals surface area contributed by atoms with Gasteiger partial charge in [0.15, 0.2) is 5.60 Å². The van der Waals surface area contributed by atoms with Gasteiger partial charge in [0.25, 0.3) is 5.91 Å². The predicted molar refractivity (Wildman–Crippen MR) is 53.7 cm³/mol. The Kier molecular flexibility index (Phi) is 2.26. The quantitative estimate of drug-likeness (QED) is 0.329. The van der Waals surface area contributed by atoms with Crippen LogP contribution in [0.4, 0.5) is 0 Å². The van der Waals surface area contributed by atoms with Gasteiger partial charge >= 0.3 is 0 Å². The maximum absolute atomic E-state index is 10.9. The summed E-state index contributed by atoms with van der Waals surface area (Å²) in [5.74, 6) is 2.58. The first-order chi connectivity index (χ1) is 5.73. The lowest BCUT2D eigenvalue weighted by molar-refractivity contribution is -0.153. The first-order valence-corrected chi connectivity index (χ1v) is 7.79. The fourth-order valence-electron chi connectivity index (χ4n) is 0.936. The van der Waals surface area contributed by atoms with Crippen LogP contribution in [-0.2, 0) is 4.79 Å². The Morgan fingerprint density at radius 1 is 1.54 bits per heavy atom. The molecule has 0 saturated carbocycles. The van der Waals surface area contributed by atoms with E-state index in [0.717, 1.165) is 0 Å². The lowest BCUT2D eigenvalue weighted by Gasteiger charge is -2.38. The van der Waals surface area contributed by atoms with Crippen LogP contribution in [0.1, 0.15) is 6.92 Å². The van der Waals surface area contributed by atoms with E-state index >= 15 is 0 Å². The van der Waals surface area contributed by atoms with Crippen molar-refractivity contribution in [1.29, 1.82) is 0 Å². The lowest BCUT2D eigenvalue weighted by atomic mass is 9.88. The fourth-order valence-corrected chi connectivity index (χ4v) is 1.51. The summed E-state index contributed by atoms with van der Waals surface area (Å²) in [7, 11) is -1.41. The second kappa shape index (κ2) is 2.86. The first kappa shape index (κ1) is 10.3. The second-order valence-corrected chi connectivity index (χ2v) is 9.32. The van der Waals surface area contributed by atoms with Crippen molar-refractivity contribution >= 4 is 14.0 Å². The Morgan fingerprint density at radius 3 is 2.38 bits per heavy atom.